The fraction of sp³-hybridized carbons (Fsp3) is 0.667. The lowest BCUT2D eigenvalue weighted by molar-refractivity contribution is 0.0981. The predicted molar refractivity (Wildman–Crippen MR) is 80.6 cm³/mol. The summed E-state index contributed by atoms with van der Waals surface area (Å²) in [4.78, 5) is 10.8. The molecule has 2 aliphatic rings. The van der Waals surface area contributed by atoms with E-state index in [0.29, 0.717) is 55.2 Å². The summed E-state index contributed by atoms with van der Waals surface area (Å²) in [5.74, 6) is 0.872. The zero-order chi connectivity index (χ0) is 15.2. The molecular formula is C12H17ClN4O3S. The minimum absolute atomic E-state index is 0.126. The third-order valence-corrected chi connectivity index (χ3v) is 5.22. The van der Waals surface area contributed by atoms with Crippen molar-refractivity contribution in [3.8, 4) is 0 Å². The van der Waals surface area contributed by atoms with Crippen molar-refractivity contribution in [2.24, 2.45) is 0 Å². The summed E-state index contributed by atoms with van der Waals surface area (Å²) >= 11 is 6.23. The van der Waals surface area contributed by atoms with Crippen LogP contribution in [-0.2, 0) is 21.2 Å². The van der Waals surface area contributed by atoms with Crippen LogP contribution in [0.1, 0.15) is 12.5 Å². The molecule has 0 amide bonds. The Hall–Kier alpha value is -1.12. The van der Waals surface area contributed by atoms with E-state index in [1.54, 1.807) is 0 Å². The number of rotatable bonds is 2. The Bertz CT molecular complexity index is 667. The van der Waals surface area contributed by atoms with Crippen LogP contribution in [0.5, 0.6) is 0 Å². The second-order valence-corrected chi connectivity index (χ2v) is 7.58. The molecule has 0 unspecified atom stereocenters. The summed E-state index contributed by atoms with van der Waals surface area (Å²) in [6.07, 6.45) is 1.72. The summed E-state index contributed by atoms with van der Waals surface area (Å²) < 4.78 is 30.4. The fourth-order valence-corrected chi connectivity index (χ4v) is 3.79. The van der Waals surface area contributed by atoms with Gasteiger partial charge in [-0.15, -0.1) is 0 Å². The van der Waals surface area contributed by atoms with Crippen LogP contribution in [0.2, 0.25) is 5.15 Å². The van der Waals surface area contributed by atoms with E-state index >= 15 is 0 Å². The zero-order valence-electron chi connectivity index (χ0n) is 11.9. The third-order valence-electron chi connectivity index (χ3n) is 3.75. The van der Waals surface area contributed by atoms with Crippen LogP contribution in [0.3, 0.4) is 0 Å². The van der Waals surface area contributed by atoms with Crippen LogP contribution in [0.25, 0.3) is 0 Å². The molecule has 1 aromatic rings. The summed E-state index contributed by atoms with van der Waals surface area (Å²) in [6.45, 7) is 4.23. The number of hydrogen-bond acceptors (Lipinski definition) is 6. The van der Waals surface area contributed by atoms with Crippen LogP contribution < -0.4 is 9.21 Å². The van der Waals surface area contributed by atoms with Crippen molar-refractivity contribution in [1.29, 1.82) is 0 Å². The first-order chi connectivity index (χ1) is 9.88. The SMILES string of the molecule is C[C@@H]1COCCN1c1nc(Cl)c2c(n1)N(S(C)(=O)=O)CC2. The smallest absolute Gasteiger partial charge is 0.233 e. The first-order valence-corrected chi connectivity index (χ1v) is 8.99. The molecule has 0 bridgehead atoms. The molecule has 0 saturated carbocycles. The molecule has 3 rings (SSSR count). The molecule has 21 heavy (non-hydrogen) atoms. The number of anilines is 2. The van der Waals surface area contributed by atoms with Gasteiger partial charge in [-0.3, -0.25) is 4.31 Å². The van der Waals surface area contributed by atoms with Gasteiger partial charge in [0.15, 0.2) is 5.82 Å². The molecule has 1 atom stereocenters. The van der Waals surface area contributed by atoms with Crippen molar-refractivity contribution in [3.63, 3.8) is 0 Å². The lowest BCUT2D eigenvalue weighted by atomic mass is 10.2. The number of aromatic nitrogens is 2. The molecule has 0 aliphatic carbocycles. The van der Waals surface area contributed by atoms with Gasteiger partial charge in [-0.1, -0.05) is 11.6 Å². The number of morpholine rings is 1. The van der Waals surface area contributed by atoms with E-state index < -0.39 is 10.0 Å². The molecule has 3 heterocycles. The molecule has 7 nitrogen and oxygen atoms in total. The average molecular weight is 333 g/mol. The van der Waals surface area contributed by atoms with Crippen molar-refractivity contribution in [3.05, 3.63) is 10.7 Å². The molecule has 0 N–H and O–H groups in total. The number of fused-ring (bicyclic) bond motifs is 1. The number of nitrogens with zero attached hydrogens (tertiary/aromatic N) is 4. The van der Waals surface area contributed by atoms with Crippen LogP contribution in [0.15, 0.2) is 0 Å². The van der Waals surface area contributed by atoms with Gasteiger partial charge in [0.25, 0.3) is 0 Å². The minimum Gasteiger partial charge on any atom is -0.377 e. The van der Waals surface area contributed by atoms with Crippen molar-refractivity contribution in [2.75, 3.05) is 41.8 Å². The monoisotopic (exact) mass is 332 g/mol. The quantitative estimate of drug-likeness (QED) is 0.741. The molecule has 1 aromatic heterocycles. The third kappa shape index (κ3) is 2.67. The lowest BCUT2D eigenvalue weighted by Gasteiger charge is -2.33. The topological polar surface area (TPSA) is 75.6 Å². The number of hydrogen-bond donors (Lipinski definition) is 0. The van der Waals surface area contributed by atoms with Gasteiger partial charge in [-0.2, -0.15) is 4.98 Å². The Labute approximate surface area is 128 Å². The van der Waals surface area contributed by atoms with Crippen molar-refractivity contribution < 1.29 is 13.2 Å². The van der Waals surface area contributed by atoms with E-state index in [9.17, 15) is 8.42 Å². The Kier molecular flexibility index (Phi) is 3.71. The zero-order valence-corrected chi connectivity index (χ0v) is 13.5. The first kappa shape index (κ1) is 14.8. The van der Waals surface area contributed by atoms with Crippen molar-refractivity contribution in [2.45, 2.75) is 19.4 Å². The van der Waals surface area contributed by atoms with Gasteiger partial charge in [-0.25, -0.2) is 13.4 Å². The van der Waals surface area contributed by atoms with Gasteiger partial charge < -0.3 is 9.64 Å². The molecule has 9 heteroatoms. The standard InChI is InChI=1S/C12H17ClN4O3S/c1-8-7-20-6-5-16(8)12-14-10(13)9-3-4-17(11(9)15-12)21(2,18)19/h8H,3-7H2,1-2H3/t8-/m1/s1. The normalized spacial score (nSPS) is 22.5. The van der Waals surface area contributed by atoms with Gasteiger partial charge in [0, 0.05) is 18.7 Å². The summed E-state index contributed by atoms with van der Waals surface area (Å²) in [7, 11) is -3.35. The van der Waals surface area contributed by atoms with Crippen molar-refractivity contribution in [1.82, 2.24) is 9.97 Å². The van der Waals surface area contributed by atoms with E-state index in [2.05, 4.69) is 9.97 Å². The van der Waals surface area contributed by atoms with E-state index in [-0.39, 0.29) is 6.04 Å². The summed E-state index contributed by atoms with van der Waals surface area (Å²) in [6, 6.07) is 0.126. The van der Waals surface area contributed by atoms with Gasteiger partial charge in [0.2, 0.25) is 16.0 Å². The Morgan fingerprint density at radius 1 is 1.33 bits per heavy atom. The molecule has 2 aliphatic heterocycles. The molecule has 1 saturated heterocycles. The summed E-state index contributed by atoms with van der Waals surface area (Å²) in [5.41, 5.74) is 0.701. The van der Waals surface area contributed by atoms with E-state index in [0.717, 1.165) is 0 Å². The number of halogens is 1. The van der Waals surface area contributed by atoms with E-state index in [1.807, 2.05) is 11.8 Å². The first-order valence-electron chi connectivity index (χ1n) is 6.76. The maximum atomic E-state index is 11.8. The van der Waals surface area contributed by atoms with Gasteiger partial charge in [0.05, 0.1) is 25.5 Å². The van der Waals surface area contributed by atoms with Crippen LogP contribution in [0, 0.1) is 0 Å². The van der Waals surface area contributed by atoms with Crippen LogP contribution in [0.4, 0.5) is 11.8 Å². The number of sulfonamides is 1. The van der Waals surface area contributed by atoms with Gasteiger partial charge in [-0.05, 0) is 13.3 Å². The Balaban J connectivity index is 2.04. The second kappa shape index (κ2) is 5.26. The fourth-order valence-electron chi connectivity index (χ4n) is 2.65. The second-order valence-electron chi connectivity index (χ2n) is 5.32. The summed E-state index contributed by atoms with van der Waals surface area (Å²) in [5, 5.41) is 0.333. The predicted octanol–water partition coefficient (Wildman–Crippen LogP) is 0.677. The molecule has 0 aromatic carbocycles. The number of ether oxygens (including phenoxy) is 1. The highest BCUT2D eigenvalue weighted by atomic mass is 35.5. The molecule has 116 valence electrons. The van der Waals surface area contributed by atoms with Crippen molar-refractivity contribution >= 4 is 33.4 Å². The maximum absolute atomic E-state index is 11.8. The average Bonchev–Trinajstić information content (AvgIpc) is 2.83. The van der Waals surface area contributed by atoms with Gasteiger partial charge >= 0.3 is 0 Å². The molecule has 0 spiro atoms. The minimum atomic E-state index is -3.35. The Morgan fingerprint density at radius 3 is 2.76 bits per heavy atom. The van der Waals surface area contributed by atoms with E-state index in [4.69, 9.17) is 16.3 Å². The highest BCUT2D eigenvalue weighted by molar-refractivity contribution is 7.92. The molecular weight excluding hydrogens is 316 g/mol. The van der Waals surface area contributed by atoms with Crippen LogP contribution >= 0.6 is 11.6 Å². The molecule has 0 radical (unpaired) electrons. The van der Waals surface area contributed by atoms with Crippen LogP contribution in [-0.4, -0.2) is 57.0 Å². The highest BCUT2D eigenvalue weighted by Crippen LogP contribution is 2.34. The largest absolute Gasteiger partial charge is 0.377 e. The highest BCUT2D eigenvalue weighted by Gasteiger charge is 2.32. The van der Waals surface area contributed by atoms with Gasteiger partial charge in [0.1, 0.15) is 5.15 Å². The van der Waals surface area contributed by atoms with E-state index in [1.165, 1.54) is 10.6 Å². The Morgan fingerprint density at radius 2 is 2.10 bits per heavy atom. The lowest BCUT2D eigenvalue weighted by Crippen LogP contribution is -2.44. The molecule has 1 fully saturated rings. The maximum Gasteiger partial charge on any atom is 0.233 e.